The Balaban J connectivity index is 2.33. The first-order chi connectivity index (χ1) is 7.91. The summed E-state index contributed by atoms with van der Waals surface area (Å²) < 4.78 is 1.11. The third-order valence-corrected chi connectivity index (χ3v) is 4.55. The molecule has 2 nitrogen and oxygen atoms in total. The molecular weight excluding hydrogens is 298 g/mol. The van der Waals surface area contributed by atoms with Crippen LogP contribution in [0, 0.1) is 5.92 Å². The topological polar surface area (TPSA) is 32.3 Å². The van der Waals surface area contributed by atoms with Crippen LogP contribution in [-0.4, -0.2) is 23.8 Å². The largest absolute Gasteiger partial charge is 0.390 e. The van der Waals surface area contributed by atoms with Crippen molar-refractivity contribution in [1.82, 2.24) is 5.32 Å². The standard InChI is InChI=1S/C13H22BrNOS/c1-10(2)9-15-6-5-13(3,16)8-12-11(14)4-7-17-12/h4,7,10,15-16H,5-6,8-9H2,1-3H3. The predicted molar refractivity (Wildman–Crippen MR) is 78.7 cm³/mol. The molecule has 1 atom stereocenters. The van der Waals surface area contributed by atoms with Crippen LogP contribution in [0.4, 0.5) is 0 Å². The second-order valence-corrected chi connectivity index (χ2v) is 7.07. The highest BCUT2D eigenvalue weighted by Crippen LogP contribution is 2.27. The number of hydrogen-bond acceptors (Lipinski definition) is 3. The molecule has 0 radical (unpaired) electrons. The molecule has 0 fully saturated rings. The van der Waals surface area contributed by atoms with Gasteiger partial charge >= 0.3 is 0 Å². The van der Waals surface area contributed by atoms with Crippen LogP contribution in [0.1, 0.15) is 32.1 Å². The molecule has 0 saturated heterocycles. The van der Waals surface area contributed by atoms with Gasteiger partial charge in [-0.1, -0.05) is 13.8 Å². The van der Waals surface area contributed by atoms with Gasteiger partial charge in [0.05, 0.1) is 5.60 Å². The third-order valence-electron chi connectivity index (χ3n) is 2.63. The maximum Gasteiger partial charge on any atom is 0.0680 e. The summed E-state index contributed by atoms with van der Waals surface area (Å²) in [7, 11) is 0. The molecule has 0 amide bonds. The molecule has 4 heteroatoms. The summed E-state index contributed by atoms with van der Waals surface area (Å²) in [5, 5.41) is 15.7. The SMILES string of the molecule is CC(C)CNCCC(C)(O)Cc1sccc1Br. The van der Waals surface area contributed by atoms with Crippen LogP contribution in [0.2, 0.25) is 0 Å². The molecule has 0 aliphatic rings. The summed E-state index contributed by atoms with van der Waals surface area (Å²) in [6.45, 7) is 8.17. The van der Waals surface area contributed by atoms with E-state index in [4.69, 9.17) is 0 Å². The zero-order valence-electron chi connectivity index (χ0n) is 10.8. The third kappa shape index (κ3) is 6.00. The number of halogens is 1. The van der Waals surface area contributed by atoms with Crippen LogP contribution in [0.5, 0.6) is 0 Å². The zero-order valence-corrected chi connectivity index (χ0v) is 13.2. The van der Waals surface area contributed by atoms with Crippen molar-refractivity contribution >= 4 is 27.3 Å². The molecular formula is C13H22BrNOS. The molecule has 1 aromatic heterocycles. The van der Waals surface area contributed by atoms with Crippen LogP contribution in [-0.2, 0) is 6.42 Å². The van der Waals surface area contributed by atoms with Crippen molar-refractivity contribution in [2.75, 3.05) is 13.1 Å². The van der Waals surface area contributed by atoms with E-state index in [1.54, 1.807) is 11.3 Å². The van der Waals surface area contributed by atoms with E-state index in [9.17, 15) is 5.11 Å². The average Bonchev–Trinajstić information content (AvgIpc) is 2.58. The van der Waals surface area contributed by atoms with Gasteiger partial charge in [-0.15, -0.1) is 11.3 Å². The Morgan fingerprint density at radius 3 is 2.76 bits per heavy atom. The van der Waals surface area contributed by atoms with Crippen molar-refractivity contribution in [3.8, 4) is 0 Å². The summed E-state index contributed by atoms with van der Waals surface area (Å²) in [4.78, 5) is 1.22. The van der Waals surface area contributed by atoms with Crippen LogP contribution >= 0.6 is 27.3 Å². The van der Waals surface area contributed by atoms with E-state index < -0.39 is 5.60 Å². The van der Waals surface area contributed by atoms with Gasteiger partial charge in [0.2, 0.25) is 0 Å². The summed E-state index contributed by atoms with van der Waals surface area (Å²) in [5.74, 6) is 0.659. The molecule has 0 bridgehead atoms. The Bertz CT molecular complexity index is 336. The molecule has 17 heavy (non-hydrogen) atoms. The molecule has 2 N–H and O–H groups in total. The van der Waals surface area contributed by atoms with E-state index in [1.807, 2.05) is 18.4 Å². The highest BCUT2D eigenvalue weighted by atomic mass is 79.9. The molecule has 1 unspecified atom stereocenters. The van der Waals surface area contributed by atoms with Gasteiger partial charge in [0.15, 0.2) is 0 Å². The van der Waals surface area contributed by atoms with Crippen LogP contribution in [0.25, 0.3) is 0 Å². The van der Waals surface area contributed by atoms with E-state index in [0.29, 0.717) is 12.3 Å². The lowest BCUT2D eigenvalue weighted by Crippen LogP contribution is -2.33. The van der Waals surface area contributed by atoms with E-state index in [-0.39, 0.29) is 0 Å². The zero-order chi connectivity index (χ0) is 12.9. The lowest BCUT2D eigenvalue weighted by Gasteiger charge is -2.23. The van der Waals surface area contributed by atoms with Crippen LogP contribution < -0.4 is 5.32 Å². The average molecular weight is 320 g/mol. The van der Waals surface area contributed by atoms with E-state index in [1.165, 1.54) is 4.88 Å². The fourth-order valence-electron chi connectivity index (χ4n) is 1.63. The van der Waals surface area contributed by atoms with Gasteiger partial charge in [-0.05, 0) is 59.7 Å². The first-order valence-corrected chi connectivity index (χ1v) is 7.73. The van der Waals surface area contributed by atoms with Crippen molar-refractivity contribution < 1.29 is 5.11 Å². The van der Waals surface area contributed by atoms with Gasteiger partial charge in [0.1, 0.15) is 0 Å². The van der Waals surface area contributed by atoms with Crippen LogP contribution in [0.15, 0.2) is 15.9 Å². The molecule has 0 aliphatic carbocycles. The smallest absolute Gasteiger partial charge is 0.0680 e. The van der Waals surface area contributed by atoms with E-state index in [0.717, 1.165) is 24.0 Å². The van der Waals surface area contributed by atoms with Crippen molar-refractivity contribution in [3.63, 3.8) is 0 Å². The summed E-state index contributed by atoms with van der Waals surface area (Å²) in [6, 6.07) is 2.03. The highest BCUT2D eigenvalue weighted by molar-refractivity contribution is 9.10. The molecule has 0 saturated carbocycles. The second-order valence-electron chi connectivity index (χ2n) is 5.21. The van der Waals surface area contributed by atoms with Gasteiger partial charge < -0.3 is 10.4 Å². The van der Waals surface area contributed by atoms with Crippen molar-refractivity contribution in [2.45, 2.75) is 39.2 Å². The van der Waals surface area contributed by atoms with E-state index >= 15 is 0 Å². The summed E-state index contributed by atoms with van der Waals surface area (Å²) in [6.07, 6.45) is 1.50. The minimum atomic E-state index is -0.628. The number of rotatable bonds is 7. The fourth-order valence-corrected chi connectivity index (χ4v) is 3.30. The number of hydrogen-bond donors (Lipinski definition) is 2. The lowest BCUT2D eigenvalue weighted by molar-refractivity contribution is 0.0520. The Hall–Kier alpha value is 0.100. The minimum absolute atomic E-state index is 0.628. The Morgan fingerprint density at radius 1 is 1.53 bits per heavy atom. The molecule has 1 aromatic rings. The first kappa shape index (κ1) is 15.2. The monoisotopic (exact) mass is 319 g/mol. The Kier molecular flexibility index (Phi) is 6.13. The summed E-state index contributed by atoms with van der Waals surface area (Å²) >= 11 is 5.20. The van der Waals surface area contributed by atoms with Gasteiger partial charge in [0.25, 0.3) is 0 Å². The van der Waals surface area contributed by atoms with E-state index in [2.05, 4.69) is 35.1 Å². The lowest BCUT2D eigenvalue weighted by atomic mass is 9.97. The number of thiophene rings is 1. The maximum atomic E-state index is 10.3. The molecule has 0 aromatic carbocycles. The van der Waals surface area contributed by atoms with Gasteiger partial charge in [0, 0.05) is 15.8 Å². The molecule has 0 aliphatic heterocycles. The number of aliphatic hydroxyl groups is 1. The van der Waals surface area contributed by atoms with Gasteiger partial charge in [-0.2, -0.15) is 0 Å². The molecule has 98 valence electrons. The van der Waals surface area contributed by atoms with Crippen LogP contribution in [0.3, 0.4) is 0 Å². The highest BCUT2D eigenvalue weighted by Gasteiger charge is 2.22. The first-order valence-electron chi connectivity index (χ1n) is 6.06. The summed E-state index contributed by atoms with van der Waals surface area (Å²) in [5.41, 5.74) is -0.628. The fraction of sp³-hybridized carbons (Fsp3) is 0.692. The van der Waals surface area contributed by atoms with Gasteiger partial charge in [-0.3, -0.25) is 0 Å². The van der Waals surface area contributed by atoms with Crippen molar-refractivity contribution in [3.05, 3.63) is 20.8 Å². The quantitative estimate of drug-likeness (QED) is 0.754. The predicted octanol–water partition coefficient (Wildman–Crippen LogP) is 3.44. The second kappa shape index (κ2) is 6.88. The number of nitrogens with one attached hydrogen (secondary N) is 1. The Morgan fingerprint density at radius 2 is 2.24 bits per heavy atom. The maximum absolute atomic E-state index is 10.3. The molecule has 1 heterocycles. The van der Waals surface area contributed by atoms with Crippen molar-refractivity contribution in [1.29, 1.82) is 0 Å². The van der Waals surface area contributed by atoms with Crippen molar-refractivity contribution in [2.24, 2.45) is 5.92 Å². The molecule has 1 rings (SSSR count). The Labute approximate surface area is 117 Å². The minimum Gasteiger partial charge on any atom is -0.390 e. The van der Waals surface area contributed by atoms with Gasteiger partial charge in [-0.25, -0.2) is 0 Å². The molecule has 0 spiro atoms. The normalized spacial score (nSPS) is 15.2.